The molecule has 0 radical (unpaired) electrons. The number of para-hydroxylation sites is 1. The van der Waals surface area contributed by atoms with Gasteiger partial charge in [-0.15, -0.1) is 0 Å². The third-order valence-corrected chi connectivity index (χ3v) is 3.55. The van der Waals surface area contributed by atoms with Crippen LogP contribution in [0.1, 0.15) is 18.4 Å². The zero-order valence-corrected chi connectivity index (χ0v) is 9.52. The van der Waals surface area contributed by atoms with E-state index in [1.807, 2.05) is 12.1 Å². The minimum atomic E-state index is -0.488. The van der Waals surface area contributed by atoms with Crippen molar-refractivity contribution in [1.29, 1.82) is 0 Å². The van der Waals surface area contributed by atoms with E-state index >= 15 is 0 Å². The fourth-order valence-corrected chi connectivity index (χ4v) is 2.36. The first kappa shape index (κ1) is 11.1. The number of likely N-dealkylation sites (tertiary alicyclic amines) is 1. The molecule has 1 aromatic rings. The van der Waals surface area contributed by atoms with E-state index in [1.165, 1.54) is 0 Å². The number of phenols is 1. The number of aldehydes is 1. The van der Waals surface area contributed by atoms with E-state index < -0.39 is 5.41 Å². The van der Waals surface area contributed by atoms with E-state index in [1.54, 1.807) is 12.1 Å². The Bertz CT molecular complexity index is 381. The molecule has 0 spiro atoms. The van der Waals surface area contributed by atoms with Crippen LogP contribution in [0.4, 0.5) is 0 Å². The summed E-state index contributed by atoms with van der Waals surface area (Å²) in [5, 5.41) is 9.85. The summed E-state index contributed by atoms with van der Waals surface area (Å²) < 4.78 is 0. The number of carbonyl (C=O) groups excluding carboxylic acids is 1. The molecule has 1 fully saturated rings. The fraction of sp³-hybridized carbons (Fsp3) is 0.462. The summed E-state index contributed by atoms with van der Waals surface area (Å²) in [6.45, 7) is 1.79. The number of carbonyl (C=O) groups is 1. The number of benzene rings is 1. The Balaban J connectivity index is 2.35. The van der Waals surface area contributed by atoms with Gasteiger partial charge in [0, 0.05) is 5.56 Å². The molecule has 1 aromatic carbocycles. The van der Waals surface area contributed by atoms with Gasteiger partial charge in [0.2, 0.25) is 0 Å². The van der Waals surface area contributed by atoms with Gasteiger partial charge in [-0.1, -0.05) is 18.2 Å². The van der Waals surface area contributed by atoms with E-state index in [0.717, 1.165) is 37.8 Å². The van der Waals surface area contributed by atoms with Crippen molar-refractivity contribution in [3.05, 3.63) is 29.8 Å². The minimum absolute atomic E-state index is 0.235. The molecule has 0 saturated carbocycles. The first-order valence-corrected chi connectivity index (χ1v) is 5.61. The number of nitrogens with zero attached hydrogens (tertiary/aromatic N) is 1. The molecule has 1 saturated heterocycles. The molecule has 0 amide bonds. The molecule has 0 atom stereocenters. The highest BCUT2D eigenvalue weighted by Crippen LogP contribution is 2.37. The van der Waals surface area contributed by atoms with Gasteiger partial charge in [-0.05, 0) is 39.0 Å². The Morgan fingerprint density at radius 2 is 1.94 bits per heavy atom. The Labute approximate surface area is 95.7 Å². The molecule has 0 aromatic heterocycles. The minimum Gasteiger partial charge on any atom is -0.508 e. The second-order valence-corrected chi connectivity index (χ2v) is 4.59. The molecule has 3 nitrogen and oxygen atoms in total. The lowest BCUT2D eigenvalue weighted by molar-refractivity contribution is -0.114. The standard InChI is InChI=1S/C13H17NO2/c1-14-8-6-13(10-15,7-9-14)11-4-2-3-5-12(11)16/h2-5,10,16H,6-9H2,1H3. The van der Waals surface area contributed by atoms with Gasteiger partial charge in [-0.3, -0.25) is 0 Å². The lowest BCUT2D eigenvalue weighted by Crippen LogP contribution is -2.41. The maximum Gasteiger partial charge on any atom is 0.130 e. The van der Waals surface area contributed by atoms with E-state index in [9.17, 15) is 9.90 Å². The van der Waals surface area contributed by atoms with Crippen molar-refractivity contribution in [1.82, 2.24) is 4.90 Å². The van der Waals surface area contributed by atoms with Gasteiger partial charge in [0.25, 0.3) is 0 Å². The Hall–Kier alpha value is -1.35. The van der Waals surface area contributed by atoms with Crippen LogP contribution >= 0.6 is 0 Å². The topological polar surface area (TPSA) is 40.5 Å². The molecule has 86 valence electrons. The van der Waals surface area contributed by atoms with Crippen LogP contribution in [0.5, 0.6) is 5.75 Å². The van der Waals surface area contributed by atoms with Crippen molar-refractivity contribution >= 4 is 6.29 Å². The van der Waals surface area contributed by atoms with Gasteiger partial charge in [-0.2, -0.15) is 0 Å². The molecule has 1 aliphatic rings. The fourth-order valence-electron chi connectivity index (χ4n) is 2.36. The van der Waals surface area contributed by atoms with Crippen LogP contribution in [-0.2, 0) is 10.2 Å². The van der Waals surface area contributed by atoms with Gasteiger partial charge in [-0.25, -0.2) is 0 Å². The van der Waals surface area contributed by atoms with Gasteiger partial charge in [0.1, 0.15) is 12.0 Å². The molecule has 0 bridgehead atoms. The van der Waals surface area contributed by atoms with Crippen LogP contribution in [0.2, 0.25) is 0 Å². The average Bonchev–Trinajstić information content (AvgIpc) is 2.32. The summed E-state index contributed by atoms with van der Waals surface area (Å²) >= 11 is 0. The lowest BCUT2D eigenvalue weighted by atomic mass is 9.74. The second kappa shape index (κ2) is 4.26. The Morgan fingerprint density at radius 1 is 1.31 bits per heavy atom. The average molecular weight is 219 g/mol. The Morgan fingerprint density at radius 3 is 2.50 bits per heavy atom. The molecular weight excluding hydrogens is 202 g/mol. The van der Waals surface area contributed by atoms with Crippen molar-refractivity contribution < 1.29 is 9.90 Å². The molecule has 1 N–H and O–H groups in total. The second-order valence-electron chi connectivity index (χ2n) is 4.59. The summed E-state index contributed by atoms with van der Waals surface area (Å²) in [7, 11) is 2.06. The largest absolute Gasteiger partial charge is 0.508 e. The smallest absolute Gasteiger partial charge is 0.130 e. The molecular formula is C13H17NO2. The van der Waals surface area contributed by atoms with E-state index in [0.29, 0.717) is 0 Å². The number of piperidine rings is 1. The first-order valence-electron chi connectivity index (χ1n) is 5.61. The maximum absolute atomic E-state index is 11.4. The summed E-state index contributed by atoms with van der Waals surface area (Å²) in [6, 6.07) is 7.17. The summed E-state index contributed by atoms with van der Waals surface area (Å²) in [4.78, 5) is 13.6. The van der Waals surface area contributed by atoms with Crippen LogP contribution in [0.15, 0.2) is 24.3 Å². The Kier molecular flexibility index (Phi) is 2.97. The highest BCUT2D eigenvalue weighted by molar-refractivity contribution is 5.70. The van der Waals surface area contributed by atoms with Crippen molar-refractivity contribution in [2.75, 3.05) is 20.1 Å². The zero-order valence-electron chi connectivity index (χ0n) is 9.52. The number of hydrogen-bond donors (Lipinski definition) is 1. The highest BCUT2D eigenvalue weighted by atomic mass is 16.3. The predicted molar refractivity (Wildman–Crippen MR) is 62.6 cm³/mol. The number of hydrogen-bond acceptors (Lipinski definition) is 3. The third-order valence-electron chi connectivity index (χ3n) is 3.55. The molecule has 1 heterocycles. The number of phenolic OH excluding ortho intramolecular Hbond substituents is 1. The van der Waals surface area contributed by atoms with Crippen LogP contribution in [0.3, 0.4) is 0 Å². The lowest BCUT2D eigenvalue weighted by Gasteiger charge is -2.37. The van der Waals surface area contributed by atoms with E-state index in [4.69, 9.17) is 0 Å². The van der Waals surface area contributed by atoms with Crippen LogP contribution in [-0.4, -0.2) is 36.4 Å². The van der Waals surface area contributed by atoms with Gasteiger partial charge in [0.05, 0.1) is 5.41 Å². The van der Waals surface area contributed by atoms with Crippen molar-refractivity contribution in [3.63, 3.8) is 0 Å². The van der Waals surface area contributed by atoms with E-state index in [2.05, 4.69) is 11.9 Å². The van der Waals surface area contributed by atoms with Crippen LogP contribution in [0, 0.1) is 0 Å². The van der Waals surface area contributed by atoms with Gasteiger partial charge >= 0.3 is 0 Å². The summed E-state index contributed by atoms with van der Waals surface area (Å²) in [5.41, 5.74) is 0.288. The molecule has 16 heavy (non-hydrogen) atoms. The van der Waals surface area contributed by atoms with Crippen LogP contribution < -0.4 is 0 Å². The monoisotopic (exact) mass is 219 g/mol. The number of aromatic hydroxyl groups is 1. The van der Waals surface area contributed by atoms with Crippen molar-refractivity contribution in [2.45, 2.75) is 18.3 Å². The van der Waals surface area contributed by atoms with Crippen molar-refractivity contribution in [2.24, 2.45) is 0 Å². The molecule has 3 heteroatoms. The quantitative estimate of drug-likeness (QED) is 0.767. The predicted octanol–water partition coefficient (Wildman–Crippen LogP) is 1.55. The zero-order chi connectivity index (χ0) is 11.6. The molecule has 1 aliphatic heterocycles. The van der Waals surface area contributed by atoms with E-state index in [-0.39, 0.29) is 5.75 Å². The third kappa shape index (κ3) is 1.83. The maximum atomic E-state index is 11.4. The van der Waals surface area contributed by atoms with Gasteiger partial charge < -0.3 is 14.8 Å². The summed E-state index contributed by atoms with van der Waals surface area (Å²) in [6.07, 6.45) is 2.57. The van der Waals surface area contributed by atoms with Gasteiger partial charge in [0.15, 0.2) is 0 Å². The highest BCUT2D eigenvalue weighted by Gasteiger charge is 2.36. The molecule has 0 aliphatic carbocycles. The SMILES string of the molecule is CN1CCC(C=O)(c2ccccc2O)CC1. The molecule has 0 unspecified atom stereocenters. The van der Waals surface area contributed by atoms with Crippen LogP contribution in [0.25, 0.3) is 0 Å². The number of rotatable bonds is 2. The first-order chi connectivity index (χ1) is 7.68. The normalized spacial score (nSPS) is 20.6. The van der Waals surface area contributed by atoms with Crippen molar-refractivity contribution in [3.8, 4) is 5.75 Å². The summed E-state index contributed by atoms with van der Waals surface area (Å²) in [5.74, 6) is 0.235. The molecule has 2 rings (SSSR count).